The normalized spacial score (nSPS) is 24.7. The van der Waals surface area contributed by atoms with Crippen LogP contribution in [0.5, 0.6) is 0 Å². The van der Waals surface area contributed by atoms with Gasteiger partial charge < -0.3 is 21.3 Å². The third-order valence-electron chi connectivity index (χ3n) is 5.33. The maximum atomic E-state index is 13.1. The zero-order valence-corrected chi connectivity index (χ0v) is 17.3. The molecule has 3 amide bonds. The molecule has 0 saturated carbocycles. The summed E-state index contributed by atoms with van der Waals surface area (Å²) in [4.78, 5) is 40.4. The van der Waals surface area contributed by atoms with Gasteiger partial charge in [-0.2, -0.15) is 0 Å². The Labute approximate surface area is 166 Å². The van der Waals surface area contributed by atoms with E-state index in [0.717, 1.165) is 5.56 Å². The molecule has 28 heavy (non-hydrogen) atoms. The van der Waals surface area contributed by atoms with Gasteiger partial charge in [-0.15, -0.1) is 0 Å². The molecule has 0 bridgehead atoms. The van der Waals surface area contributed by atoms with Gasteiger partial charge in [0.2, 0.25) is 11.8 Å². The molecule has 7 heteroatoms. The highest BCUT2D eigenvalue weighted by atomic mass is 16.2. The van der Waals surface area contributed by atoms with Crippen molar-refractivity contribution in [2.24, 2.45) is 11.7 Å². The first kappa shape index (κ1) is 20.3. The monoisotopic (exact) mass is 386 g/mol. The number of fused-ring (bicyclic) bond motifs is 1. The molecule has 0 aliphatic carbocycles. The van der Waals surface area contributed by atoms with Gasteiger partial charge in [0.1, 0.15) is 0 Å². The van der Waals surface area contributed by atoms with Gasteiger partial charge in [-0.1, -0.05) is 18.2 Å². The third-order valence-corrected chi connectivity index (χ3v) is 5.33. The highest BCUT2D eigenvalue weighted by Crippen LogP contribution is 2.36. The molecule has 3 rings (SSSR count). The van der Waals surface area contributed by atoms with Crippen molar-refractivity contribution in [1.82, 2.24) is 15.5 Å². The van der Waals surface area contributed by atoms with Crippen molar-refractivity contribution in [1.29, 1.82) is 0 Å². The lowest BCUT2D eigenvalue weighted by atomic mass is 9.76. The second-order valence-electron chi connectivity index (χ2n) is 9.64. The first-order chi connectivity index (χ1) is 12.8. The van der Waals surface area contributed by atoms with Crippen LogP contribution in [0.4, 0.5) is 0 Å². The summed E-state index contributed by atoms with van der Waals surface area (Å²) < 4.78 is 0. The van der Waals surface area contributed by atoms with Crippen molar-refractivity contribution in [3.8, 4) is 0 Å². The van der Waals surface area contributed by atoms with Crippen LogP contribution in [0.1, 0.15) is 50.5 Å². The zero-order chi connectivity index (χ0) is 20.9. The molecule has 152 valence electrons. The standard InChI is InChI=1S/C21H30N4O3/c1-19(2,3)23-17(27)15-11-25(18(28)20(4,5)22)12-21(15)10-13-8-6-7-9-14(13)16(26)24-21/h6-9,15H,10-12,22H2,1-5H3,(H,23,27)(H,24,26)/t15-,21+/m0/s1. The number of hydrogen-bond acceptors (Lipinski definition) is 4. The summed E-state index contributed by atoms with van der Waals surface area (Å²) in [6, 6.07) is 7.40. The van der Waals surface area contributed by atoms with Crippen LogP contribution < -0.4 is 16.4 Å². The number of nitrogens with zero attached hydrogens (tertiary/aromatic N) is 1. The van der Waals surface area contributed by atoms with E-state index in [1.165, 1.54) is 0 Å². The van der Waals surface area contributed by atoms with Gasteiger partial charge in [-0.25, -0.2) is 0 Å². The molecule has 1 fully saturated rings. The Bertz CT molecular complexity index is 822. The SMILES string of the molecule is CC(C)(C)NC(=O)[C@@H]1CN(C(=O)C(C)(C)N)C[C@]12Cc1ccccc1C(=O)N2. The number of hydrogen-bond donors (Lipinski definition) is 3. The van der Waals surface area contributed by atoms with Crippen molar-refractivity contribution < 1.29 is 14.4 Å². The number of carbonyl (C=O) groups excluding carboxylic acids is 3. The number of benzene rings is 1. The van der Waals surface area contributed by atoms with Gasteiger partial charge in [-0.05, 0) is 52.7 Å². The second kappa shape index (κ2) is 6.58. The van der Waals surface area contributed by atoms with E-state index in [1.54, 1.807) is 24.8 Å². The van der Waals surface area contributed by atoms with E-state index < -0.39 is 22.5 Å². The van der Waals surface area contributed by atoms with Crippen LogP contribution in [0, 0.1) is 5.92 Å². The molecule has 4 N–H and O–H groups in total. The van der Waals surface area contributed by atoms with Gasteiger partial charge in [0.15, 0.2) is 0 Å². The fourth-order valence-electron chi connectivity index (χ4n) is 4.14. The molecule has 7 nitrogen and oxygen atoms in total. The summed E-state index contributed by atoms with van der Waals surface area (Å²) >= 11 is 0. The van der Waals surface area contributed by atoms with Crippen LogP contribution in [-0.4, -0.2) is 52.3 Å². The first-order valence-corrected chi connectivity index (χ1v) is 9.63. The number of nitrogens with one attached hydrogen (secondary N) is 2. The molecule has 2 heterocycles. The van der Waals surface area contributed by atoms with Crippen LogP contribution in [0.15, 0.2) is 24.3 Å². The molecule has 1 aromatic rings. The van der Waals surface area contributed by atoms with Crippen molar-refractivity contribution in [3.05, 3.63) is 35.4 Å². The Morgan fingerprint density at radius 1 is 1.21 bits per heavy atom. The molecular weight excluding hydrogens is 356 g/mol. The fourth-order valence-corrected chi connectivity index (χ4v) is 4.14. The van der Waals surface area contributed by atoms with Gasteiger partial charge in [0.25, 0.3) is 5.91 Å². The van der Waals surface area contributed by atoms with Gasteiger partial charge in [0.05, 0.1) is 17.0 Å². The molecular formula is C21H30N4O3. The summed E-state index contributed by atoms with van der Waals surface area (Å²) in [6.07, 6.45) is 0.492. The van der Waals surface area contributed by atoms with Crippen molar-refractivity contribution in [2.45, 2.75) is 57.7 Å². The van der Waals surface area contributed by atoms with Crippen LogP contribution >= 0.6 is 0 Å². The lowest BCUT2D eigenvalue weighted by Crippen LogP contribution is -2.63. The molecule has 0 aromatic heterocycles. The Hall–Kier alpha value is -2.41. The number of carbonyl (C=O) groups is 3. The van der Waals surface area contributed by atoms with E-state index in [9.17, 15) is 14.4 Å². The minimum Gasteiger partial charge on any atom is -0.351 e. The Kier molecular flexibility index (Phi) is 4.78. The molecule has 2 aliphatic rings. The quantitative estimate of drug-likeness (QED) is 0.700. The molecule has 2 atom stereocenters. The van der Waals surface area contributed by atoms with Crippen LogP contribution in [0.25, 0.3) is 0 Å². The van der Waals surface area contributed by atoms with E-state index in [0.29, 0.717) is 12.0 Å². The summed E-state index contributed by atoms with van der Waals surface area (Å²) in [5.41, 5.74) is 5.22. The summed E-state index contributed by atoms with van der Waals surface area (Å²) in [5, 5.41) is 6.08. The van der Waals surface area contributed by atoms with E-state index in [-0.39, 0.29) is 30.8 Å². The summed E-state index contributed by atoms with van der Waals surface area (Å²) in [7, 11) is 0. The van der Waals surface area contributed by atoms with E-state index in [4.69, 9.17) is 5.73 Å². The molecule has 1 spiro atoms. The third kappa shape index (κ3) is 3.76. The van der Waals surface area contributed by atoms with Crippen molar-refractivity contribution >= 4 is 17.7 Å². The lowest BCUT2D eigenvalue weighted by Gasteiger charge is -2.39. The maximum Gasteiger partial charge on any atom is 0.252 e. The first-order valence-electron chi connectivity index (χ1n) is 9.63. The zero-order valence-electron chi connectivity index (χ0n) is 17.3. The minimum absolute atomic E-state index is 0.169. The van der Waals surface area contributed by atoms with Crippen LogP contribution in [0.2, 0.25) is 0 Å². The average molecular weight is 386 g/mol. The Morgan fingerprint density at radius 3 is 2.46 bits per heavy atom. The van der Waals surface area contributed by atoms with Crippen LogP contribution in [0.3, 0.4) is 0 Å². The Balaban J connectivity index is 1.99. The molecule has 1 saturated heterocycles. The maximum absolute atomic E-state index is 13.1. The van der Waals surface area contributed by atoms with Crippen LogP contribution in [-0.2, 0) is 16.0 Å². The number of nitrogens with two attached hydrogens (primary N) is 1. The molecule has 0 radical (unpaired) electrons. The topological polar surface area (TPSA) is 105 Å². The predicted molar refractivity (Wildman–Crippen MR) is 107 cm³/mol. The summed E-state index contributed by atoms with van der Waals surface area (Å²) in [5.74, 6) is -1.17. The Morgan fingerprint density at radius 2 is 1.86 bits per heavy atom. The molecule has 1 aromatic carbocycles. The van der Waals surface area contributed by atoms with Gasteiger partial charge >= 0.3 is 0 Å². The molecule has 0 unspecified atom stereocenters. The van der Waals surface area contributed by atoms with Crippen molar-refractivity contribution in [3.63, 3.8) is 0 Å². The smallest absolute Gasteiger partial charge is 0.252 e. The van der Waals surface area contributed by atoms with E-state index in [1.807, 2.05) is 39.0 Å². The highest BCUT2D eigenvalue weighted by Gasteiger charge is 2.55. The fraction of sp³-hybridized carbons (Fsp3) is 0.571. The number of rotatable bonds is 2. The van der Waals surface area contributed by atoms with E-state index in [2.05, 4.69) is 10.6 Å². The molecule has 2 aliphatic heterocycles. The largest absolute Gasteiger partial charge is 0.351 e. The average Bonchev–Trinajstić information content (AvgIpc) is 2.90. The highest BCUT2D eigenvalue weighted by molar-refractivity contribution is 5.99. The minimum atomic E-state index is -1.05. The van der Waals surface area contributed by atoms with Gasteiger partial charge in [-0.3, -0.25) is 14.4 Å². The predicted octanol–water partition coefficient (Wildman–Crippen LogP) is 0.822. The van der Waals surface area contributed by atoms with Gasteiger partial charge in [0, 0.05) is 24.2 Å². The van der Waals surface area contributed by atoms with E-state index >= 15 is 0 Å². The number of amides is 3. The lowest BCUT2D eigenvalue weighted by molar-refractivity contribution is -0.135. The number of likely N-dealkylation sites (tertiary alicyclic amines) is 1. The summed E-state index contributed by atoms with van der Waals surface area (Å²) in [6.45, 7) is 9.52. The second-order valence-corrected chi connectivity index (χ2v) is 9.64. The van der Waals surface area contributed by atoms with Crippen molar-refractivity contribution in [2.75, 3.05) is 13.1 Å².